The standard InChI is InChI=1S/C14H23NO2S/c1-11(15-13(8-9-16)10-17-2)12-4-6-14(18-3)7-5-12/h4-7,11,13,15-16H,8-10H2,1-3H3. The Balaban J connectivity index is 2.58. The van der Waals surface area contributed by atoms with Gasteiger partial charge in [0.1, 0.15) is 0 Å². The molecule has 0 aliphatic heterocycles. The van der Waals surface area contributed by atoms with Crippen LogP contribution in [0.2, 0.25) is 0 Å². The highest BCUT2D eigenvalue weighted by molar-refractivity contribution is 7.98. The van der Waals surface area contributed by atoms with Crippen LogP contribution in [0.5, 0.6) is 0 Å². The lowest BCUT2D eigenvalue weighted by Crippen LogP contribution is -2.35. The van der Waals surface area contributed by atoms with Gasteiger partial charge in [-0.3, -0.25) is 0 Å². The Morgan fingerprint density at radius 3 is 2.50 bits per heavy atom. The van der Waals surface area contributed by atoms with E-state index in [-0.39, 0.29) is 18.7 Å². The summed E-state index contributed by atoms with van der Waals surface area (Å²) in [5.41, 5.74) is 1.26. The van der Waals surface area contributed by atoms with E-state index in [2.05, 4.69) is 42.8 Å². The number of aliphatic hydroxyl groups excluding tert-OH is 1. The number of nitrogens with one attached hydrogen (secondary N) is 1. The van der Waals surface area contributed by atoms with E-state index in [1.165, 1.54) is 10.5 Å². The molecule has 0 aliphatic carbocycles. The van der Waals surface area contributed by atoms with Crippen LogP contribution in [0.15, 0.2) is 29.2 Å². The second-order valence-electron chi connectivity index (χ2n) is 4.33. The minimum atomic E-state index is 0.180. The summed E-state index contributed by atoms with van der Waals surface area (Å²) < 4.78 is 5.15. The van der Waals surface area contributed by atoms with Gasteiger partial charge in [-0.1, -0.05) is 12.1 Å². The molecule has 0 radical (unpaired) electrons. The highest BCUT2D eigenvalue weighted by Gasteiger charge is 2.12. The number of hydrogen-bond donors (Lipinski definition) is 2. The number of ether oxygens (including phenoxy) is 1. The average Bonchev–Trinajstić information content (AvgIpc) is 2.39. The van der Waals surface area contributed by atoms with Crippen molar-refractivity contribution in [3.63, 3.8) is 0 Å². The van der Waals surface area contributed by atoms with E-state index >= 15 is 0 Å². The molecule has 0 aliphatic rings. The zero-order valence-electron chi connectivity index (χ0n) is 11.3. The quantitative estimate of drug-likeness (QED) is 0.711. The van der Waals surface area contributed by atoms with Gasteiger partial charge in [-0.05, 0) is 37.3 Å². The monoisotopic (exact) mass is 269 g/mol. The van der Waals surface area contributed by atoms with Gasteiger partial charge in [-0.15, -0.1) is 11.8 Å². The molecule has 0 saturated heterocycles. The van der Waals surface area contributed by atoms with Crippen molar-refractivity contribution in [1.29, 1.82) is 0 Å². The average molecular weight is 269 g/mol. The van der Waals surface area contributed by atoms with Gasteiger partial charge in [-0.25, -0.2) is 0 Å². The van der Waals surface area contributed by atoms with Crippen molar-refractivity contribution in [2.24, 2.45) is 0 Å². The first kappa shape index (κ1) is 15.5. The van der Waals surface area contributed by atoms with E-state index in [1.807, 2.05) is 0 Å². The zero-order valence-corrected chi connectivity index (χ0v) is 12.2. The van der Waals surface area contributed by atoms with E-state index in [0.717, 1.165) is 0 Å². The number of hydrogen-bond acceptors (Lipinski definition) is 4. The van der Waals surface area contributed by atoms with E-state index in [1.54, 1.807) is 18.9 Å². The van der Waals surface area contributed by atoms with Crippen molar-refractivity contribution in [3.05, 3.63) is 29.8 Å². The zero-order chi connectivity index (χ0) is 13.4. The molecule has 1 rings (SSSR count). The third-order valence-electron chi connectivity index (χ3n) is 2.95. The highest BCUT2D eigenvalue weighted by atomic mass is 32.2. The molecule has 2 atom stereocenters. The summed E-state index contributed by atoms with van der Waals surface area (Å²) in [5, 5.41) is 12.5. The molecule has 2 unspecified atom stereocenters. The molecule has 1 aromatic carbocycles. The lowest BCUT2D eigenvalue weighted by molar-refractivity contribution is 0.143. The maximum Gasteiger partial charge on any atom is 0.0616 e. The van der Waals surface area contributed by atoms with E-state index in [0.29, 0.717) is 13.0 Å². The summed E-state index contributed by atoms with van der Waals surface area (Å²) in [6, 6.07) is 9.01. The Hall–Kier alpha value is -0.550. The molecule has 1 aromatic rings. The van der Waals surface area contributed by atoms with Crippen LogP contribution in [-0.2, 0) is 4.74 Å². The van der Waals surface area contributed by atoms with Gasteiger partial charge in [0.25, 0.3) is 0 Å². The molecular formula is C14H23NO2S. The van der Waals surface area contributed by atoms with Crippen molar-refractivity contribution in [1.82, 2.24) is 5.32 Å². The summed E-state index contributed by atoms with van der Waals surface area (Å²) in [5.74, 6) is 0. The fraction of sp³-hybridized carbons (Fsp3) is 0.571. The largest absolute Gasteiger partial charge is 0.396 e. The summed E-state index contributed by atoms with van der Waals surface area (Å²) in [6.07, 6.45) is 2.79. The molecule has 0 bridgehead atoms. The molecule has 4 heteroatoms. The maximum absolute atomic E-state index is 9.02. The van der Waals surface area contributed by atoms with Gasteiger partial charge in [0.15, 0.2) is 0 Å². The van der Waals surface area contributed by atoms with Crippen molar-refractivity contribution in [3.8, 4) is 0 Å². The minimum absolute atomic E-state index is 0.180. The third-order valence-corrected chi connectivity index (χ3v) is 3.69. The molecule has 0 amide bonds. The van der Waals surface area contributed by atoms with E-state index in [9.17, 15) is 0 Å². The van der Waals surface area contributed by atoms with Crippen LogP contribution >= 0.6 is 11.8 Å². The molecule has 18 heavy (non-hydrogen) atoms. The first-order valence-electron chi connectivity index (χ1n) is 6.21. The molecular weight excluding hydrogens is 246 g/mol. The number of aliphatic hydroxyl groups is 1. The molecule has 0 heterocycles. The lowest BCUT2D eigenvalue weighted by Gasteiger charge is -2.22. The Labute approximate surface area is 114 Å². The number of benzene rings is 1. The topological polar surface area (TPSA) is 41.5 Å². The van der Waals surface area contributed by atoms with E-state index in [4.69, 9.17) is 9.84 Å². The van der Waals surface area contributed by atoms with Gasteiger partial charge < -0.3 is 15.2 Å². The summed E-state index contributed by atoms with van der Waals surface area (Å²) in [6.45, 7) is 2.93. The molecule has 102 valence electrons. The summed E-state index contributed by atoms with van der Waals surface area (Å²) >= 11 is 1.75. The van der Waals surface area contributed by atoms with Crippen LogP contribution in [0, 0.1) is 0 Å². The maximum atomic E-state index is 9.02. The summed E-state index contributed by atoms with van der Waals surface area (Å²) in [4.78, 5) is 1.27. The van der Waals surface area contributed by atoms with Crippen molar-refractivity contribution in [2.45, 2.75) is 30.3 Å². The minimum Gasteiger partial charge on any atom is -0.396 e. The van der Waals surface area contributed by atoms with Gasteiger partial charge >= 0.3 is 0 Å². The van der Waals surface area contributed by atoms with Gasteiger partial charge in [-0.2, -0.15) is 0 Å². The molecule has 2 N–H and O–H groups in total. The number of thioether (sulfide) groups is 1. The molecule has 0 aromatic heterocycles. The van der Waals surface area contributed by atoms with Gasteiger partial charge in [0, 0.05) is 30.7 Å². The normalized spacial score (nSPS) is 14.4. The summed E-state index contributed by atoms with van der Waals surface area (Å²) in [7, 11) is 1.68. The second-order valence-corrected chi connectivity index (χ2v) is 5.21. The van der Waals surface area contributed by atoms with Crippen LogP contribution < -0.4 is 5.32 Å². The predicted molar refractivity (Wildman–Crippen MR) is 77.1 cm³/mol. The van der Waals surface area contributed by atoms with Gasteiger partial charge in [0.05, 0.1) is 6.61 Å². The Kier molecular flexibility index (Phi) is 7.35. The van der Waals surface area contributed by atoms with Gasteiger partial charge in [0.2, 0.25) is 0 Å². The van der Waals surface area contributed by atoms with Crippen molar-refractivity contribution < 1.29 is 9.84 Å². The SMILES string of the molecule is COCC(CCO)NC(C)c1ccc(SC)cc1. The molecule has 0 fully saturated rings. The first-order valence-corrected chi connectivity index (χ1v) is 7.43. The molecule has 3 nitrogen and oxygen atoms in total. The Bertz CT molecular complexity index is 323. The highest BCUT2D eigenvalue weighted by Crippen LogP contribution is 2.19. The lowest BCUT2D eigenvalue weighted by atomic mass is 10.1. The first-order chi connectivity index (χ1) is 8.71. The third kappa shape index (κ3) is 4.98. The van der Waals surface area contributed by atoms with Crippen LogP contribution in [0.3, 0.4) is 0 Å². The predicted octanol–water partition coefficient (Wildman–Crippen LogP) is 2.46. The van der Waals surface area contributed by atoms with Crippen LogP contribution in [0.25, 0.3) is 0 Å². The second kappa shape index (κ2) is 8.53. The van der Waals surface area contributed by atoms with Crippen molar-refractivity contribution >= 4 is 11.8 Å². The number of rotatable bonds is 8. The smallest absolute Gasteiger partial charge is 0.0616 e. The Morgan fingerprint density at radius 2 is 2.00 bits per heavy atom. The van der Waals surface area contributed by atoms with Crippen LogP contribution in [-0.4, -0.2) is 37.7 Å². The fourth-order valence-electron chi connectivity index (χ4n) is 1.91. The Morgan fingerprint density at radius 1 is 1.33 bits per heavy atom. The number of methoxy groups -OCH3 is 1. The van der Waals surface area contributed by atoms with Crippen molar-refractivity contribution in [2.75, 3.05) is 26.6 Å². The fourth-order valence-corrected chi connectivity index (χ4v) is 2.32. The van der Waals surface area contributed by atoms with Crippen LogP contribution in [0.1, 0.15) is 24.9 Å². The van der Waals surface area contributed by atoms with E-state index < -0.39 is 0 Å². The molecule has 0 spiro atoms. The molecule has 0 saturated carbocycles. The van der Waals surface area contributed by atoms with Crippen LogP contribution in [0.4, 0.5) is 0 Å².